The van der Waals surface area contributed by atoms with Crippen LogP contribution in [0.25, 0.3) is 10.9 Å². The maximum atomic E-state index is 12.5. The lowest BCUT2D eigenvalue weighted by molar-refractivity contribution is -0.134. The summed E-state index contributed by atoms with van der Waals surface area (Å²) >= 11 is 0. The zero-order valence-corrected chi connectivity index (χ0v) is 12.9. The molecule has 1 atom stereocenters. The van der Waals surface area contributed by atoms with Crippen LogP contribution in [0.4, 0.5) is 0 Å². The Kier molecular flexibility index (Phi) is 3.94. The molecule has 2 aromatic rings. The van der Waals surface area contributed by atoms with Crippen molar-refractivity contribution in [3.63, 3.8) is 0 Å². The Hall–Kier alpha value is -2.21. The second-order valence-electron chi connectivity index (χ2n) is 5.79. The normalized spacial score (nSPS) is 18.6. The first-order valence-corrected chi connectivity index (χ1v) is 7.53. The molecule has 1 fully saturated rings. The zero-order chi connectivity index (χ0) is 15.7. The molecule has 0 bridgehead atoms. The van der Waals surface area contributed by atoms with Crippen LogP contribution in [-0.2, 0) is 11.3 Å². The highest BCUT2D eigenvalue weighted by Crippen LogP contribution is 2.11. The van der Waals surface area contributed by atoms with Gasteiger partial charge < -0.3 is 10.2 Å². The highest BCUT2D eigenvalue weighted by Gasteiger charge is 2.23. The number of aryl methyl sites for hydroxylation is 1. The second kappa shape index (κ2) is 5.88. The minimum atomic E-state index is -0.162. The molecule has 0 aliphatic carbocycles. The standard InChI is InChI=1S/C16H20N4O2/c1-11-4-3-5-13-15(11)18-10-19(16(13)22)9-14(21)20-7-6-17-8-12(20)2/h3-5,10,12,17H,6-9H2,1-2H3/t12-/m0/s1. The zero-order valence-electron chi connectivity index (χ0n) is 12.9. The van der Waals surface area contributed by atoms with Crippen molar-refractivity contribution in [3.05, 3.63) is 40.4 Å². The second-order valence-corrected chi connectivity index (χ2v) is 5.79. The van der Waals surface area contributed by atoms with Crippen LogP contribution < -0.4 is 10.9 Å². The van der Waals surface area contributed by atoms with E-state index in [4.69, 9.17) is 0 Å². The summed E-state index contributed by atoms with van der Waals surface area (Å²) in [5, 5.41) is 3.81. The van der Waals surface area contributed by atoms with Crippen LogP contribution in [0.15, 0.2) is 29.3 Å². The van der Waals surface area contributed by atoms with E-state index >= 15 is 0 Å². The summed E-state index contributed by atoms with van der Waals surface area (Å²) in [5.41, 5.74) is 1.50. The smallest absolute Gasteiger partial charge is 0.261 e. The summed E-state index contributed by atoms with van der Waals surface area (Å²) in [5.74, 6) is -0.0371. The molecule has 0 saturated carbocycles. The molecule has 1 aromatic carbocycles. The van der Waals surface area contributed by atoms with Gasteiger partial charge in [-0.2, -0.15) is 0 Å². The van der Waals surface area contributed by atoms with Gasteiger partial charge in [-0.25, -0.2) is 4.98 Å². The van der Waals surface area contributed by atoms with E-state index in [-0.39, 0.29) is 24.1 Å². The highest BCUT2D eigenvalue weighted by atomic mass is 16.2. The average Bonchev–Trinajstić information content (AvgIpc) is 2.51. The molecule has 6 heteroatoms. The van der Waals surface area contributed by atoms with E-state index in [9.17, 15) is 9.59 Å². The molecule has 0 radical (unpaired) electrons. The SMILES string of the molecule is Cc1cccc2c(=O)n(CC(=O)N3CCNC[C@@H]3C)cnc12. The Labute approximate surface area is 128 Å². The van der Waals surface area contributed by atoms with Crippen LogP contribution in [0.1, 0.15) is 12.5 Å². The number of hydrogen-bond acceptors (Lipinski definition) is 4. The monoisotopic (exact) mass is 300 g/mol. The number of hydrogen-bond donors (Lipinski definition) is 1. The molecule has 1 N–H and O–H groups in total. The fourth-order valence-corrected chi connectivity index (χ4v) is 2.90. The van der Waals surface area contributed by atoms with Crippen molar-refractivity contribution < 1.29 is 4.79 Å². The number of benzene rings is 1. The van der Waals surface area contributed by atoms with Crippen LogP contribution in [0.3, 0.4) is 0 Å². The largest absolute Gasteiger partial charge is 0.336 e. The maximum absolute atomic E-state index is 12.5. The van der Waals surface area contributed by atoms with Crippen LogP contribution in [0.2, 0.25) is 0 Å². The van der Waals surface area contributed by atoms with Crippen LogP contribution in [0.5, 0.6) is 0 Å². The fourth-order valence-electron chi connectivity index (χ4n) is 2.90. The first-order chi connectivity index (χ1) is 10.6. The molecular formula is C16H20N4O2. The Bertz CT molecular complexity index is 768. The molecule has 6 nitrogen and oxygen atoms in total. The number of nitrogens with zero attached hydrogens (tertiary/aromatic N) is 3. The number of piperazine rings is 1. The number of fused-ring (bicyclic) bond motifs is 1. The summed E-state index contributed by atoms with van der Waals surface area (Å²) < 4.78 is 1.40. The predicted molar refractivity (Wildman–Crippen MR) is 84.8 cm³/mol. The lowest BCUT2D eigenvalue weighted by atomic mass is 10.1. The van der Waals surface area contributed by atoms with Crippen molar-refractivity contribution in [3.8, 4) is 0 Å². The van der Waals surface area contributed by atoms with Crippen molar-refractivity contribution in [2.24, 2.45) is 0 Å². The number of carbonyl (C=O) groups is 1. The van der Waals surface area contributed by atoms with Gasteiger partial charge in [-0.15, -0.1) is 0 Å². The Morgan fingerprint density at radius 3 is 3.05 bits per heavy atom. The van der Waals surface area contributed by atoms with Gasteiger partial charge in [0.15, 0.2) is 0 Å². The van der Waals surface area contributed by atoms with E-state index in [1.807, 2.05) is 30.9 Å². The van der Waals surface area contributed by atoms with Gasteiger partial charge in [-0.05, 0) is 25.5 Å². The highest BCUT2D eigenvalue weighted by molar-refractivity contribution is 5.81. The van der Waals surface area contributed by atoms with Crippen molar-refractivity contribution in [2.75, 3.05) is 19.6 Å². The van der Waals surface area contributed by atoms with Gasteiger partial charge in [-0.3, -0.25) is 14.2 Å². The number of nitrogens with one attached hydrogen (secondary N) is 1. The van der Waals surface area contributed by atoms with Crippen molar-refractivity contribution in [1.29, 1.82) is 0 Å². The van der Waals surface area contributed by atoms with E-state index in [1.54, 1.807) is 6.07 Å². The quantitative estimate of drug-likeness (QED) is 0.878. The molecule has 22 heavy (non-hydrogen) atoms. The Morgan fingerprint density at radius 1 is 1.45 bits per heavy atom. The third-order valence-corrected chi connectivity index (χ3v) is 4.18. The topological polar surface area (TPSA) is 67.2 Å². The first kappa shape index (κ1) is 14.7. The lowest BCUT2D eigenvalue weighted by Gasteiger charge is -2.34. The van der Waals surface area contributed by atoms with Gasteiger partial charge in [0, 0.05) is 25.7 Å². The van der Waals surface area contributed by atoms with Crippen LogP contribution >= 0.6 is 0 Å². The molecule has 1 aliphatic rings. The summed E-state index contributed by atoms with van der Waals surface area (Å²) in [6.07, 6.45) is 1.47. The third kappa shape index (κ3) is 2.62. The average molecular weight is 300 g/mol. The molecule has 1 amide bonds. The molecule has 1 saturated heterocycles. The molecule has 1 aromatic heterocycles. The van der Waals surface area contributed by atoms with Crippen LogP contribution in [-0.4, -0.2) is 46.0 Å². The third-order valence-electron chi connectivity index (χ3n) is 4.18. The number of carbonyl (C=O) groups excluding carboxylic acids is 1. The molecule has 0 spiro atoms. The van der Waals surface area contributed by atoms with Gasteiger partial charge in [0.25, 0.3) is 5.56 Å². The molecule has 2 heterocycles. The van der Waals surface area contributed by atoms with E-state index in [2.05, 4.69) is 10.3 Å². The number of amides is 1. The summed E-state index contributed by atoms with van der Waals surface area (Å²) in [4.78, 5) is 31.1. The molecule has 1 aliphatic heterocycles. The molecular weight excluding hydrogens is 280 g/mol. The van der Waals surface area contributed by atoms with Gasteiger partial charge in [0.1, 0.15) is 6.54 Å². The van der Waals surface area contributed by atoms with Crippen molar-refractivity contribution >= 4 is 16.8 Å². The number of aromatic nitrogens is 2. The van der Waals surface area contributed by atoms with E-state index < -0.39 is 0 Å². The van der Waals surface area contributed by atoms with E-state index in [0.29, 0.717) is 17.4 Å². The Morgan fingerprint density at radius 2 is 2.27 bits per heavy atom. The first-order valence-electron chi connectivity index (χ1n) is 7.53. The molecule has 3 rings (SSSR count). The van der Waals surface area contributed by atoms with Gasteiger partial charge >= 0.3 is 0 Å². The summed E-state index contributed by atoms with van der Waals surface area (Å²) in [6.45, 7) is 6.23. The van der Waals surface area contributed by atoms with Gasteiger partial charge in [0.05, 0.1) is 17.2 Å². The van der Waals surface area contributed by atoms with Crippen molar-refractivity contribution in [2.45, 2.75) is 26.4 Å². The fraction of sp³-hybridized carbons (Fsp3) is 0.438. The minimum Gasteiger partial charge on any atom is -0.336 e. The van der Waals surface area contributed by atoms with Gasteiger partial charge in [-0.1, -0.05) is 12.1 Å². The summed E-state index contributed by atoms with van der Waals surface area (Å²) in [6, 6.07) is 5.66. The van der Waals surface area contributed by atoms with E-state index in [1.165, 1.54) is 10.9 Å². The minimum absolute atomic E-state index is 0.0371. The Balaban J connectivity index is 1.89. The number of para-hydroxylation sites is 1. The van der Waals surface area contributed by atoms with Gasteiger partial charge in [0.2, 0.25) is 5.91 Å². The van der Waals surface area contributed by atoms with E-state index in [0.717, 1.165) is 18.7 Å². The lowest BCUT2D eigenvalue weighted by Crippen LogP contribution is -2.53. The molecule has 116 valence electrons. The summed E-state index contributed by atoms with van der Waals surface area (Å²) in [7, 11) is 0. The predicted octanol–water partition coefficient (Wildman–Crippen LogP) is 0.525. The number of rotatable bonds is 2. The van der Waals surface area contributed by atoms with Crippen molar-refractivity contribution in [1.82, 2.24) is 19.8 Å². The molecule has 0 unspecified atom stereocenters. The van der Waals surface area contributed by atoms with Crippen LogP contribution in [0, 0.1) is 6.92 Å². The maximum Gasteiger partial charge on any atom is 0.261 e.